The Morgan fingerprint density at radius 3 is 2.89 bits per heavy atom. The third kappa shape index (κ3) is 9.25. The maximum atomic E-state index is 15.1. The molecule has 38 heavy (non-hydrogen) atoms. The number of nitrogens with zero attached hydrogens (tertiary/aromatic N) is 1. The summed E-state index contributed by atoms with van der Waals surface area (Å²) in [4.78, 5) is 26.5. The van der Waals surface area contributed by atoms with Crippen LogP contribution in [0.5, 0.6) is 0 Å². The molecule has 2 heterocycles. The largest absolute Gasteiger partial charge is 0.453 e. The number of ether oxygens (including phenoxy) is 3. The van der Waals surface area contributed by atoms with Crippen molar-refractivity contribution in [2.75, 3.05) is 60.2 Å². The summed E-state index contributed by atoms with van der Waals surface area (Å²) in [5.74, 6) is -0.243. The van der Waals surface area contributed by atoms with Gasteiger partial charge >= 0.3 is 12.1 Å². The van der Waals surface area contributed by atoms with Gasteiger partial charge in [0, 0.05) is 56.9 Å². The Labute approximate surface area is 230 Å². The summed E-state index contributed by atoms with van der Waals surface area (Å²) in [7, 11) is 3.17. The molecule has 9 nitrogen and oxygen atoms in total. The number of piperidine rings is 1. The molecule has 4 atom stereocenters. The molecule has 1 aromatic rings. The quantitative estimate of drug-likeness (QED) is 0.355. The molecule has 1 aromatic carbocycles. The molecule has 2 aliphatic rings. The molecule has 0 spiro atoms. The number of likely N-dealkylation sites (N-methyl/N-ethyl adjacent to an activating group) is 1. The van der Waals surface area contributed by atoms with Crippen molar-refractivity contribution in [1.82, 2.24) is 20.9 Å². The normalized spacial score (nSPS) is 21.7. The highest BCUT2D eigenvalue weighted by Gasteiger charge is 2.33. The minimum absolute atomic E-state index is 0.0126. The minimum atomic E-state index is -0.625. The average molecular weight is 557 g/mol. The zero-order valence-electron chi connectivity index (χ0n) is 22.5. The predicted molar refractivity (Wildman–Crippen MR) is 144 cm³/mol. The molecule has 0 aromatic heterocycles. The van der Waals surface area contributed by atoms with Crippen LogP contribution in [0.2, 0.25) is 5.02 Å². The van der Waals surface area contributed by atoms with E-state index in [1.54, 1.807) is 17.0 Å². The zero-order chi connectivity index (χ0) is 27.3. The SMILES string of the molecule is CNC[C@H](C[C@H]1CCCCOC1)NC(=O)N1CCC[C@@H](C(OCCNC(=O)OC)c2cccc(Cl)c2F)C1. The van der Waals surface area contributed by atoms with E-state index in [0.717, 1.165) is 51.7 Å². The molecule has 0 bridgehead atoms. The summed E-state index contributed by atoms with van der Waals surface area (Å²) >= 11 is 6.08. The van der Waals surface area contributed by atoms with Gasteiger partial charge in [-0.25, -0.2) is 14.0 Å². The summed E-state index contributed by atoms with van der Waals surface area (Å²) < 4.78 is 31.5. The number of halogens is 2. The first-order valence-corrected chi connectivity index (χ1v) is 14.0. The van der Waals surface area contributed by atoms with E-state index in [1.165, 1.54) is 13.2 Å². The second-order valence-electron chi connectivity index (χ2n) is 10.1. The fraction of sp³-hybridized carbons (Fsp3) is 0.704. The molecule has 2 aliphatic heterocycles. The molecule has 1 unspecified atom stereocenters. The maximum Gasteiger partial charge on any atom is 0.406 e. The van der Waals surface area contributed by atoms with Crippen LogP contribution in [0, 0.1) is 17.7 Å². The van der Waals surface area contributed by atoms with Crippen molar-refractivity contribution in [1.29, 1.82) is 0 Å². The summed E-state index contributed by atoms with van der Waals surface area (Å²) in [6.45, 7) is 3.62. The zero-order valence-corrected chi connectivity index (χ0v) is 23.2. The van der Waals surface area contributed by atoms with Crippen LogP contribution in [-0.2, 0) is 14.2 Å². The first-order valence-electron chi connectivity index (χ1n) is 13.6. The number of hydrogen-bond acceptors (Lipinski definition) is 6. The van der Waals surface area contributed by atoms with Crippen LogP contribution in [0.25, 0.3) is 0 Å². The number of rotatable bonds is 11. The third-order valence-electron chi connectivity index (χ3n) is 7.22. The van der Waals surface area contributed by atoms with Crippen LogP contribution < -0.4 is 16.0 Å². The molecule has 0 saturated carbocycles. The van der Waals surface area contributed by atoms with Crippen molar-refractivity contribution in [3.8, 4) is 0 Å². The third-order valence-corrected chi connectivity index (χ3v) is 7.51. The Bertz CT molecular complexity index is 887. The summed E-state index contributed by atoms with van der Waals surface area (Å²) in [5.41, 5.74) is 0.351. The molecule has 2 saturated heterocycles. The van der Waals surface area contributed by atoms with E-state index in [9.17, 15) is 9.59 Å². The summed E-state index contributed by atoms with van der Waals surface area (Å²) in [5, 5.41) is 9.00. The van der Waals surface area contributed by atoms with Gasteiger partial charge in [-0.3, -0.25) is 0 Å². The van der Waals surface area contributed by atoms with Crippen molar-refractivity contribution < 1.29 is 28.2 Å². The second kappa shape index (κ2) is 16.1. The average Bonchev–Trinajstić information content (AvgIpc) is 3.19. The first kappa shape index (κ1) is 30.4. The van der Waals surface area contributed by atoms with Crippen molar-refractivity contribution in [2.45, 2.75) is 50.7 Å². The molecule has 3 N–H and O–H groups in total. The van der Waals surface area contributed by atoms with Gasteiger partial charge in [0.15, 0.2) is 0 Å². The van der Waals surface area contributed by atoms with Crippen molar-refractivity contribution in [3.05, 3.63) is 34.6 Å². The van der Waals surface area contributed by atoms with Gasteiger partial charge in [0.1, 0.15) is 5.82 Å². The molecule has 0 radical (unpaired) electrons. The van der Waals surface area contributed by atoms with Crippen LogP contribution in [0.3, 0.4) is 0 Å². The van der Waals surface area contributed by atoms with Gasteiger partial charge < -0.3 is 35.1 Å². The fourth-order valence-corrected chi connectivity index (χ4v) is 5.52. The highest BCUT2D eigenvalue weighted by Crippen LogP contribution is 2.36. The number of benzene rings is 1. The molecule has 0 aliphatic carbocycles. The lowest BCUT2D eigenvalue weighted by Gasteiger charge is -2.38. The maximum absolute atomic E-state index is 15.1. The van der Waals surface area contributed by atoms with Crippen LogP contribution in [0.1, 0.15) is 50.2 Å². The van der Waals surface area contributed by atoms with E-state index >= 15 is 4.39 Å². The number of hydrogen-bond donors (Lipinski definition) is 3. The van der Waals surface area contributed by atoms with Crippen LogP contribution >= 0.6 is 11.6 Å². The van der Waals surface area contributed by atoms with Crippen molar-refractivity contribution in [2.24, 2.45) is 11.8 Å². The van der Waals surface area contributed by atoms with E-state index in [2.05, 4.69) is 20.7 Å². The lowest BCUT2D eigenvalue weighted by atomic mass is 9.88. The highest BCUT2D eigenvalue weighted by atomic mass is 35.5. The number of nitrogens with one attached hydrogen (secondary N) is 3. The minimum Gasteiger partial charge on any atom is -0.453 e. The molecule has 3 rings (SSSR count). The Hall–Kier alpha value is -2.14. The molecular formula is C27H42ClFN4O5. The monoisotopic (exact) mass is 556 g/mol. The molecule has 11 heteroatoms. The standard InChI is InChI=1S/C27H42ClFN4O5/c1-30-16-21(15-19-7-3-4-13-37-18-19)32-26(34)33-12-6-8-20(17-33)25(38-14-11-31-27(35)36-2)22-9-5-10-23(28)24(22)29/h5,9-10,19-21,25,30H,3-4,6-8,11-18H2,1-2H3,(H,31,35)(H,32,34)/t19-,20-,21+,25?/m1/s1. The first-order chi connectivity index (χ1) is 18.4. The predicted octanol–water partition coefficient (Wildman–Crippen LogP) is 4.11. The number of urea groups is 1. The Morgan fingerprint density at radius 2 is 2.11 bits per heavy atom. The molecule has 2 fully saturated rings. The van der Waals surface area contributed by atoms with E-state index in [1.807, 2.05) is 7.05 Å². The topological polar surface area (TPSA) is 101 Å². The number of amides is 3. The Morgan fingerprint density at radius 1 is 1.26 bits per heavy atom. The molecular weight excluding hydrogens is 515 g/mol. The van der Waals surface area contributed by atoms with Crippen LogP contribution in [-0.4, -0.2) is 83.2 Å². The smallest absolute Gasteiger partial charge is 0.406 e. The van der Waals surface area contributed by atoms with Gasteiger partial charge in [-0.15, -0.1) is 0 Å². The second-order valence-corrected chi connectivity index (χ2v) is 10.5. The molecule has 3 amide bonds. The number of methoxy groups -OCH3 is 1. The molecule has 214 valence electrons. The van der Waals surface area contributed by atoms with E-state index in [-0.39, 0.29) is 36.2 Å². The lowest BCUT2D eigenvalue weighted by Crippen LogP contribution is -2.52. The lowest BCUT2D eigenvalue weighted by molar-refractivity contribution is -0.0106. The fourth-order valence-electron chi connectivity index (χ4n) is 5.34. The number of carbonyl (C=O) groups is 2. The van der Waals surface area contributed by atoms with Crippen molar-refractivity contribution >= 4 is 23.7 Å². The van der Waals surface area contributed by atoms with E-state index < -0.39 is 18.0 Å². The summed E-state index contributed by atoms with van der Waals surface area (Å²) in [6, 6.07) is 4.72. The van der Waals surface area contributed by atoms with Crippen LogP contribution in [0.15, 0.2) is 18.2 Å². The number of carbonyl (C=O) groups excluding carboxylic acids is 2. The number of alkyl carbamates (subject to hydrolysis) is 1. The van der Waals surface area contributed by atoms with Gasteiger partial charge in [0.2, 0.25) is 0 Å². The van der Waals surface area contributed by atoms with Crippen LogP contribution in [0.4, 0.5) is 14.0 Å². The van der Waals surface area contributed by atoms with Crippen molar-refractivity contribution in [3.63, 3.8) is 0 Å². The van der Waals surface area contributed by atoms with Gasteiger partial charge in [0.05, 0.1) is 24.8 Å². The number of likely N-dealkylation sites (tertiary alicyclic amines) is 1. The Kier molecular flexibility index (Phi) is 12.9. The van der Waals surface area contributed by atoms with Gasteiger partial charge in [-0.05, 0) is 51.1 Å². The van der Waals surface area contributed by atoms with Gasteiger partial charge in [0.25, 0.3) is 0 Å². The van der Waals surface area contributed by atoms with Gasteiger partial charge in [-0.2, -0.15) is 0 Å². The highest BCUT2D eigenvalue weighted by molar-refractivity contribution is 6.30. The summed E-state index contributed by atoms with van der Waals surface area (Å²) in [6.07, 6.45) is 4.55. The van der Waals surface area contributed by atoms with E-state index in [0.29, 0.717) is 31.1 Å². The Balaban J connectivity index is 1.66. The van der Waals surface area contributed by atoms with E-state index in [4.69, 9.17) is 21.1 Å². The van der Waals surface area contributed by atoms with Gasteiger partial charge in [-0.1, -0.05) is 30.2 Å².